The van der Waals surface area contributed by atoms with Crippen molar-refractivity contribution in [1.29, 1.82) is 0 Å². The molecule has 0 aliphatic heterocycles. The Morgan fingerprint density at radius 1 is 1.30 bits per heavy atom. The van der Waals surface area contributed by atoms with Gasteiger partial charge in [-0.3, -0.25) is 4.79 Å². The molecule has 1 heterocycles. The van der Waals surface area contributed by atoms with Crippen molar-refractivity contribution >= 4 is 18.0 Å². The number of nitrogens with one attached hydrogen (secondary N) is 1. The lowest BCUT2D eigenvalue weighted by Crippen LogP contribution is -2.34. The van der Waals surface area contributed by atoms with Crippen molar-refractivity contribution in [3.05, 3.63) is 65.6 Å². The van der Waals surface area contributed by atoms with Crippen molar-refractivity contribution in [3.8, 4) is 0 Å². The molecule has 1 aromatic carbocycles. The Labute approximate surface area is 130 Å². The van der Waals surface area contributed by atoms with E-state index in [-0.39, 0.29) is 5.56 Å². The molecule has 7 heteroatoms. The maximum atomic E-state index is 13.8. The van der Waals surface area contributed by atoms with Gasteiger partial charge in [0.2, 0.25) is 5.91 Å². The molecule has 0 unspecified atom stereocenters. The molecule has 0 saturated heterocycles. The molecule has 2 aromatic rings. The maximum Gasteiger partial charge on any atom is 0.333 e. The van der Waals surface area contributed by atoms with E-state index in [1.807, 2.05) is 0 Å². The number of benzene rings is 1. The summed E-state index contributed by atoms with van der Waals surface area (Å²) in [6.45, 7) is 0. The molecule has 1 amide bonds. The van der Waals surface area contributed by atoms with Gasteiger partial charge in [-0.1, -0.05) is 0 Å². The Kier molecular flexibility index (Phi) is 5.24. The minimum Gasteiger partial charge on any atom is -0.467 e. The first-order valence-electron chi connectivity index (χ1n) is 6.56. The van der Waals surface area contributed by atoms with E-state index in [2.05, 4.69) is 10.1 Å². The molecular weight excluding hydrogens is 308 g/mol. The third-order valence-corrected chi connectivity index (χ3v) is 2.93. The van der Waals surface area contributed by atoms with Crippen LogP contribution < -0.4 is 5.32 Å². The van der Waals surface area contributed by atoms with Gasteiger partial charge in [0, 0.05) is 11.6 Å². The van der Waals surface area contributed by atoms with Gasteiger partial charge in [-0.2, -0.15) is 0 Å². The van der Waals surface area contributed by atoms with E-state index in [4.69, 9.17) is 4.42 Å². The van der Waals surface area contributed by atoms with Gasteiger partial charge in [0.1, 0.15) is 17.4 Å². The summed E-state index contributed by atoms with van der Waals surface area (Å²) in [5.74, 6) is -2.77. The van der Waals surface area contributed by atoms with Crippen molar-refractivity contribution in [1.82, 2.24) is 5.32 Å². The number of carbonyl (C=O) groups is 2. The fraction of sp³-hybridized carbons (Fsp3) is 0.125. The Hall–Kier alpha value is -2.96. The number of furan rings is 1. The number of amides is 1. The normalized spacial score (nSPS) is 12.1. The summed E-state index contributed by atoms with van der Waals surface area (Å²) in [6.07, 6.45) is 3.90. The van der Waals surface area contributed by atoms with E-state index in [1.54, 1.807) is 12.1 Å². The van der Waals surface area contributed by atoms with E-state index in [0.717, 1.165) is 31.4 Å². The Bertz CT molecular complexity index is 726. The standard InChI is InChI=1S/C16H13F2NO4/c1-22-16(21)15(12-9-10(17)4-6-13(12)18)19-14(20)7-5-11-3-2-8-23-11/h2-9,15H,1H3,(H,19,20)/b7-5-/t15-/m1/s1. The molecule has 2 rings (SSSR count). The molecule has 0 aliphatic carbocycles. The minimum atomic E-state index is -1.47. The van der Waals surface area contributed by atoms with Crippen molar-refractivity contribution in [2.45, 2.75) is 6.04 Å². The number of rotatable bonds is 5. The lowest BCUT2D eigenvalue weighted by molar-refractivity contribution is -0.144. The van der Waals surface area contributed by atoms with Crippen LogP contribution in [0, 0.1) is 11.6 Å². The van der Waals surface area contributed by atoms with Gasteiger partial charge in [-0.25, -0.2) is 13.6 Å². The van der Waals surface area contributed by atoms with Crippen LogP contribution in [0.1, 0.15) is 17.4 Å². The van der Waals surface area contributed by atoms with E-state index in [0.29, 0.717) is 5.76 Å². The van der Waals surface area contributed by atoms with Crippen LogP contribution in [0.25, 0.3) is 6.08 Å². The molecule has 1 aromatic heterocycles. The van der Waals surface area contributed by atoms with Crippen LogP contribution in [0.5, 0.6) is 0 Å². The minimum absolute atomic E-state index is 0.323. The number of methoxy groups -OCH3 is 1. The molecule has 5 nitrogen and oxygen atoms in total. The quantitative estimate of drug-likeness (QED) is 0.679. The number of hydrogen-bond donors (Lipinski definition) is 1. The second-order valence-corrected chi connectivity index (χ2v) is 4.48. The zero-order chi connectivity index (χ0) is 16.8. The Balaban J connectivity index is 2.20. The lowest BCUT2D eigenvalue weighted by Gasteiger charge is -2.16. The summed E-state index contributed by atoms with van der Waals surface area (Å²) < 4.78 is 36.6. The Morgan fingerprint density at radius 2 is 2.09 bits per heavy atom. The van der Waals surface area contributed by atoms with E-state index in [9.17, 15) is 18.4 Å². The molecule has 0 aliphatic rings. The summed E-state index contributed by atoms with van der Waals surface area (Å²) in [7, 11) is 1.08. The highest BCUT2D eigenvalue weighted by Crippen LogP contribution is 2.20. The van der Waals surface area contributed by atoms with Crippen molar-refractivity contribution in [2.24, 2.45) is 0 Å². The largest absolute Gasteiger partial charge is 0.467 e. The SMILES string of the molecule is COC(=O)[C@H](NC(=O)/C=C\c1ccco1)c1cc(F)ccc1F. The topological polar surface area (TPSA) is 68.5 Å². The molecule has 0 spiro atoms. The third kappa shape index (κ3) is 4.26. The van der Waals surface area contributed by atoms with Crippen LogP contribution in [0.3, 0.4) is 0 Å². The van der Waals surface area contributed by atoms with Gasteiger partial charge >= 0.3 is 5.97 Å². The average Bonchev–Trinajstić information content (AvgIpc) is 3.06. The van der Waals surface area contributed by atoms with Gasteiger partial charge in [0.15, 0.2) is 6.04 Å². The van der Waals surface area contributed by atoms with Crippen molar-refractivity contribution < 1.29 is 27.5 Å². The number of carbonyl (C=O) groups excluding carboxylic acids is 2. The molecule has 23 heavy (non-hydrogen) atoms. The van der Waals surface area contributed by atoms with Gasteiger partial charge in [-0.05, 0) is 36.4 Å². The number of esters is 1. The second kappa shape index (κ2) is 7.35. The van der Waals surface area contributed by atoms with Gasteiger partial charge in [-0.15, -0.1) is 0 Å². The predicted octanol–water partition coefficient (Wildman–Crippen LogP) is 2.60. The summed E-state index contributed by atoms with van der Waals surface area (Å²) in [5.41, 5.74) is -0.323. The summed E-state index contributed by atoms with van der Waals surface area (Å²) in [5, 5.41) is 2.27. The smallest absolute Gasteiger partial charge is 0.333 e. The third-order valence-electron chi connectivity index (χ3n) is 2.93. The van der Waals surface area contributed by atoms with Crippen LogP contribution in [0.15, 0.2) is 47.1 Å². The number of ether oxygens (including phenoxy) is 1. The highest BCUT2D eigenvalue weighted by molar-refractivity contribution is 5.94. The van der Waals surface area contributed by atoms with Crippen LogP contribution in [-0.4, -0.2) is 19.0 Å². The summed E-state index contributed by atoms with van der Waals surface area (Å²) >= 11 is 0. The second-order valence-electron chi connectivity index (χ2n) is 4.48. The van der Waals surface area contributed by atoms with Crippen LogP contribution in [0.4, 0.5) is 8.78 Å². The zero-order valence-electron chi connectivity index (χ0n) is 12.1. The van der Waals surface area contributed by atoms with E-state index in [1.165, 1.54) is 12.3 Å². The maximum absolute atomic E-state index is 13.8. The first-order valence-corrected chi connectivity index (χ1v) is 6.56. The van der Waals surface area contributed by atoms with Crippen molar-refractivity contribution in [2.75, 3.05) is 7.11 Å². The number of hydrogen-bond acceptors (Lipinski definition) is 4. The summed E-state index contributed by atoms with van der Waals surface area (Å²) in [6, 6.07) is 4.39. The first kappa shape index (κ1) is 16.4. The van der Waals surface area contributed by atoms with Gasteiger partial charge < -0.3 is 14.5 Å². The van der Waals surface area contributed by atoms with Crippen LogP contribution in [-0.2, 0) is 14.3 Å². The highest BCUT2D eigenvalue weighted by atomic mass is 19.1. The zero-order valence-corrected chi connectivity index (χ0v) is 12.1. The lowest BCUT2D eigenvalue weighted by atomic mass is 10.1. The molecule has 0 radical (unpaired) electrons. The van der Waals surface area contributed by atoms with Crippen molar-refractivity contribution in [3.63, 3.8) is 0 Å². The molecule has 0 saturated carbocycles. The predicted molar refractivity (Wildman–Crippen MR) is 77.0 cm³/mol. The van der Waals surface area contributed by atoms with Crippen LogP contribution in [0.2, 0.25) is 0 Å². The first-order chi connectivity index (χ1) is 11.0. The van der Waals surface area contributed by atoms with Crippen LogP contribution >= 0.6 is 0 Å². The van der Waals surface area contributed by atoms with Gasteiger partial charge in [0.25, 0.3) is 0 Å². The molecule has 1 N–H and O–H groups in total. The molecule has 120 valence electrons. The summed E-state index contributed by atoms with van der Waals surface area (Å²) in [4.78, 5) is 23.7. The van der Waals surface area contributed by atoms with E-state index < -0.39 is 29.6 Å². The monoisotopic (exact) mass is 321 g/mol. The highest BCUT2D eigenvalue weighted by Gasteiger charge is 2.26. The molecule has 0 fully saturated rings. The fourth-order valence-electron chi connectivity index (χ4n) is 1.85. The molecular formula is C16H13F2NO4. The van der Waals surface area contributed by atoms with Gasteiger partial charge in [0.05, 0.1) is 13.4 Å². The van der Waals surface area contributed by atoms with E-state index >= 15 is 0 Å². The number of halogens is 2. The average molecular weight is 321 g/mol. The fourth-order valence-corrected chi connectivity index (χ4v) is 1.85. The molecule has 1 atom stereocenters. The Morgan fingerprint density at radius 3 is 2.74 bits per heavy atom. The molecule has 0 bridgehead atoms.